The van der Waals surface area contributed by atoms with Gasteiger partial charge in [0, 0.05) is 6.42 Å². The number of thioether (sulfide) groups is 1. The summed E-state index contributed by atoms with van der Waals surface area (Å²) in [4.78, 5) is 61.4. The van der Waals surface area contributed by atoms with Gasteiger partial charge in [0.15, 0.2) is 0 Å². The second-order valence-electron chi connectivity index (χ2n) is 9.01. The van der Waals surface area contributed by atoms with Crippen LogP contribution < -0.4 is 21.7 Å². The molecule has 8 N–H and O–H groups in total. The first-order valence-corrected chi connectivity index (χ1v) is 13.1. The molecule has 0 heterocycles. The van der Waals surface area contributed by atoms with Gasteiger partial charge in [0.1, 0.15) is 23.9 Å². The standard InChI is InChI=1S/C24H36N4O8S/c1-13(2)10-16(25)21(32)26-17(8-9-37-3)22(33)27-18(12-20(30)31)23(34)28-19(24(35)36)11-14-4-6-15(29)7-5-14/h4-7,13,16-19,29H,8-12,25H2,1-3H3,(H,26,32)(H,27,33)(H,28,34)(H,30,31)(H,35,36). The van der Waals surface area contributed by atoms with Crippen LogP contribution in [0.4, 0.5) is 0 Å². The lowest BCUT2D eigenvalue weighted by atomic mass is 10.0. The van der Waals surface area contributed by atoms with Crippen molar-refractivity contribution in [1.82, 2.24) is 16.0 Å². The van der Waals surface area contributed by atoms with Gasteiger partial charge in [0.25, 0.3) is 0 Å². The van der Waals surface area contributed by atoms with Crippen LogP contribution in [0.5, 0.6) is 5.75 Å². The van der Waals surface area contributed by atoms with Crippen molar-refractivity contribution in [3.8, 4) is 5.75 Å². The Labute approximate surface area is 219 Å². The minimum atomic E-state index is -1.59. The first-order valence-electron chi connectivity index (χ1n) is 11.7. The van der Waals surface area contributed by atoms with E-state index in [2.05, 4.69) is 16.0 Å². The van der Waals surface area contributed by atoms with E-state index >= 15 is 0 Å². The maximum absolute atomic E-state index is 13.0. The number of carbonyl (C=O) groups excluding carboxylic acids is 3. The van der Waals surface area contributed by atoms with E-state index in [-0.39, 0.29) is 24.5 Å². The van der Waals surface area contributed by atoms with Crippen LogP contribution in [-0.4, -0.2) is 81.2 Å². The highest BCUT2D eigenvalue weighted by atomic mass is 32.2. The molecule has 0 fully saturated rings. The Kier molecular flexibility index (Phi) is 13.5. The number of aliphatic carboxylic acids is 2. The van der Waals surface area contributed by atoms with Crippen molar-refractivity contribution in [2.24, 2.45) is 11.7 Å². The molecule has 0 radical (unpaired) electrons. The van der Waals surface area contributed by atoms with Gasteiger partial charge in [-0.2, -0.15) is 11.8 Å². The lowest BCUT2D eigenvalue weighted by Crippen LogP contribution is -2.57. The third kappa shape index (κ3) is 12.0. The number of hydrogen-bond acceptors (Lipinski definition) is 8. The summed E-state index contributed by atoms with van der Waals surface area (Å²) in [5.41, 5.74) is 6.41. The maximum Gasteiger partial charge on any atom is 0.326 e. The first-order chi connectivity index (χ1) is 17.3. The average molecular weight is 541 g/mol. The fourth-order valence-corrected chi connectivity index (χ4v) is 3.87. The molecule has 1 aromatic carbocycles. The Morgan fingerprint density at radius 1 is 0.892 bits per heavy atom. The number of phenols is 1. The van der Waals surface area contributed by atoms with Crippen LogP contribution in [0.3, 0.4) is 0 Å². The van der Waals surface area contributed by atoms with Gasteiger partial charge in [0.2, 0.25) is 17.7 Å². The summed E-state index contributed by atoms with van der Waals surface area (Å²) in [7, 11) is 0. The molecule has 0 aliphatic carbocycles. The van der Waals surface area contributed by atoms with Crippen LogP contribution in [0, 0.1) is 5.92 Å². The highest BCUT2D eigenvalue weighted by molar-refractivity contribution is 7.98. The molecule has 13 heteroatoms. The number of carbonyl (C=O) groups is 5. The Hall–Kier alpha value is -3.32. The molecule has 0 aliphatic heterocycles. The number of nitrogens with two attached hydrogens (primary N) is 1. The zero-order valence-corrected chi connectivity index (χ0v) is 21.9. The number of hydrogen-bond donors (Lipinski definition) is 7. The van der Waals surface area contributed by atoms with Gasteiger partial charge < -0.3 is 37.0 Å². The molecule has 0 aromatic heterocycles. The number of nitrogens with one attached hydrogen (secondary N) is 3. The summed E-state index contributed by atoms with van der Waals surface area (Å²) in [6.45, 7) is 3.79. The highest BCUT2D eigenvalue weighted by Gasteiger charge is 2.31. The van der Waals surface area contributed by atoms with Gasteiger partial charge in [-0.1, -0.05) is 26.0 Å². The normalized spacial score (nSPS) is 14.2. The Bertz CT molecular complexity index is 941. The predicted molar refractivity (Wildman–Crippen MR) is 138 cm³/mol. The molecule has 1 rings (SSSR count). The Balaban J connectivity index is 3.00. The molecule has 0 aliphatic rings. The van der Waals surface area contributed by atoms with Gasteiger partial charge in [-0.3, -0.25) is 19.2 Å². The van der Waals surface area contributed by atoms with Crippen LogP contribution in [-0.2, 0) is 30.4 Å². The number of carboxylic acids is 2. The van der Waals surface area contributed by atoms with Gasteiger partial charge in [-0.25, -0.2) is 4.79 Å². The Morgan fingerprint density at radius 2 is 1.43 bits per heavy atom. The quantitative estimate of drug-likeness (QED) is 0.150. The number of carboxylic acid groups (broad SMARTS) is 2. The molecule has 0 bridgehead atoms. The molecule has 4 atom stereocenters. The number of aromatic hydroxyl groups is 1. The van der Waals surface area contributed by atoms with E-state index in [0.29, 0.717) is 17.7 Å². The van der Waals surface area contributed by atoms with Crippen molar-refractivity contribution >= 4 is 41.4 Å². The summed E-state index contributed by atoms with van der Waals surface area (Å²) >= 11 is 1.43. The van der Waals surface area contributed by atoms with E-state index in [9.17, 15) is 39.3 Å². The molecule has 0 spiro atoms. The fourth-order valence-electron chi connectivity index (χ4n) is 3.39. The van der Waals surface area contributed by atoms with E-state index in [1.807, 2.05) is 20.1 Å². The van der Waals surface area contributed by atoms with Crippen LogP contribution in [0.15, 0.2) is 24.3 Å². The third-order valence-electron chi connectivity index (χ3n) is 5.31. The SMILES string of the molecule is CSCCC(NC(=O)C(N)CC(C)C)C(=O)NC(CC(=O)O)C(=O)NC(Cc1ccc(O)cc1)C(=O)O. The van der Waals surface area contributed by atoms with Crippen molar-refractivity contribution in [1.29, 1.82) is 0 Å². The molecule has 206 valence electrons. The van der Waals surface area contributed by atoms with Crippen molar-refractivity contribution in [3.63, 3.8) is 0 Å². The largest absolute Gasteiger partial charge is 0.508 e. The minimum absolute atomic E-state index is 0.0165. The molecule has 37 heavy (non-hydrogen) atoms. The lowest BCUT2D eigenvalue weighted by molar-refractivity contribution is -0.143. The summed E-state index contributed by atoms with van der Waals surface area (Å²) in [6.07, 6.45) is 1.45. The predicted octanol–water partition coefficient (Wildman–Crippen LogP) is 0.0749. The number of amides is 3. The molecule has 12 nitrogen and oxygen atoms in total. The average Bonchev–Trinajstić information content (AvgIpc) is 2.81. The van der Waals surface area contributed by atoms with Gasteiger partial charge >= 0.3 is 11.9 Å². The molecule has 4 unspecified atom stereocenters. The molecular formula is C24H36N4O8S. The van der Waals surface area contributed by atoms with E-state index in [1.165, 1.54) is 36.0 Å². The molecular weight excluding hydrogens is 504 g/mol. The van der Waals surface area contributed by atoms with Crippen LogP contribution >= 0.6 is 11.8 Å². The second kappa shape index (κ2) is 15.7. The van der Waals surface area contributed by atoms with Gasteiger partial charge in [-0.05, 0) is 48.5 Å². The highest BCUT2D eigenvalue weighted by Crippen LogP contribution is 2.12. The topological polar surface area (TPSA) is 208 Å². The summed E-state index contributed by atoms with van der Waals surface area (Å²) in [6, 6.07) is 0.747. The van der Waals surface area contributed by atoms with E-state index < -0.39 is 60.2 Å². The van der Waals surface area contributed by atoms with E-state index in [4.69, 9.17) is 5.73 Å². The van der Waals surface area contributed by atoms with Crippen molar-refractivity contribution in [3.05, 3.63) is 29.8 Å². The van der Waals surface area contributed by atoms with Gasteiger partial charge in [0.05, 0.1) is 12.5 Å². The van der Waals surface area contributed by atoms with E-state index in [0.717, 1.165) is 0 Å². The van der Waals surface area contributed by atoms with Crippen LogP contribution in [0.1, 0.15) is 38.7 Å². The zero-order chi connectivity index (χ0) is 28.1. The molecule has 0 saturated carbocycles. The smallest absolute Gasteiger partial charge is 0.326 e. The van der Waals surface area contributed by atoms with Crippen LogP contribution in [0.2, 0.25) is 0 Å². The minimum Gasteiger partial charge on any atom is -0.508 e. The van der Waals surface area contributed by atoms with E-state index in [1.54, 1.807) is 0 Å². The summed E-state index contributed by atoms with van der Waals surface area (Å²) in [5.74, 6) is -4.49. The lowest BCUT2D eigenvalue weighted by Gasteiger charge is -2.25. The second-order valence-corrected chi connectivity index (χ2v) is 9.99. The number of rotatable bonds is 16. The van der Waals surface area contributed by atoms with Crippen LogP contribution in [0.25, 0.3) is 0 Å². The number of benzene rings is 1. The molecule has 0 saturated heterocycles. The summed E-state index contributed by atoms with van der Waals surface area (Å²) in [5, 5.41) is 35.4. The molecule has 1 aromatic rings. The van der Waals surface area contributed by atoms with Crippen molar-refractivity contribution < 1.29 is 39.3 Å². The fraction of sp³-hybridized carbons (Fsp3) is 0.542. The molecule has 3 amide bonds. The van der Waals surface area contributed by atoms with Gasteiger partial charge in [-0.15, -0.1) is 0 Å². The Morgan fingerprint density at radius 3 is 1.95 bits per heavy atom. The summed E-state index contributed by atoms with van der Waals surface area (Å²) < 4.78 is 0. The maximum atomic E-state index is 13.0. The van der Waals surface area contributed by atoms with Crippen molar-refractivity contribution in [2.45, 2.75) is 63.7 Å². The monoisotopic (exact) mass is 540 g/mol. The first kappa shape index (κ1) is 31.7. The third-order valence-corrected chi connectivity index (χ3v) is 5.95. The van der Waals surface area contributed by atoms with Crippen molar-refractivity contribution in [2.75, 3.05) is 12.0 Å². The zero-order valence-electron chi connectivity index (χ0n) is 21.1. The number of phenolic OH excluding ortho intramolecular Hbond substituents is 1.